The highest BCUT2D eigenvalue weighted by Crippen LogP contribution is 1.96. The molecule has 0 amide bonds. The van der Waals surface area contributed by atoms with Gasteiger partial charge >= 0.3 is 95.5 Å². The summed E-state index contributed by atoms with van der Waals surface area (Å²) in [7, 11) is 0. The molecule has 0 heterocycles. The van der Waals surface area contributed by atoms with Crippen LogP contribution in [0.5, 0.6) is 0 Å². The summed E-state index contributed by atoms with van der Waals surface area (Å²) in [5, 5.41) is 129. The third-order valence-electron chi connectivity index (χ3n) is 6.52. The Morgan fingerprint density at radius 1 is 0.200 bits per heavy atom. The Labute approximate surface area is 418 Å². The van der Waals surface area contributed by atoms with Crippen LogP contribution in [0.2, 0.25) is 0 Å². The van der Waals surface area contributed by atoms with Gasteiger partial charge in [-0.05, 0) is 19.3 Å². The summed E-state index contributed by atoms with van der Waals surface area (Å²) >= 11 is 0. The Morgan fingerprint density at radius 2 is 0.307 bits per heavy atom. The molecular formula is C35H62N8O32. The van der Waals surface area contributed by atoms with E-state index in [0.29, 0.717) is 0 Å². The summed E-state index contributed by atoms with van der Waals surface area (Å²) in [4.78, 5) is 158. The van der Waals surface area contributed by atoms with Gasteiger partial charge in [-0.25, -0.2) is 0 Å². The fourth-order valence-electron chi connectivity index (χ4n) is 2.58. The van der Waals surface area contributed by atoms with Crippen molar-refractivity contribution in [2.45, 2.75) is 119 Å². The number of aliphatic carboxylic acids is 16. The maximum atomic E-state index is 9.99. The number of carboxylic acid groups (broad SMARTS) is 16. The van der Waals surface area contributed by atoms with E-state index in [9.17, 15) is 76.7 Å². The number of hydrogen-bond donors (Lipinski definition) is 24. The van der Waals surface area contributed by atoms with Crippen LogP contribution in [0.3, 0.4) is 0 Å². The molecule has 32 N–H and O–H groups in total. The lowest BCUT2D eigenvalue weighted by molar-refractivity contribution is -0.144. The van der Waals surface area contributed by atoms with E-state index in [1.165, 1.54) is 0 Å². The summed E-state index contributed by atoms with van der Waals surface area (Å²) in [5.41, 5.74) is 39.2. The van der Waals surface area contributed by atoms with Gasteiger partial charge in [0, 0.05) is 19.3 Å². The molecule has 0 aromatic rings. The largest absolute Gasteiger partial charge is 0.481 e. The van der Waals surface area contributed by atoms with Crippen LogP contribution in [0.1, 0.15) is 70.6 Å². The highest BCUT2D eigenvalue weighted by atomic mass is 16.4. The molecule has 0 rings (SSSR count). The molecule has 0 spiro atoms. The van der Waals surface area contributed by atoms with Gasteiger partial charge < -0.3 is 128 Å². The Hall–Kier alpha value is -8.80. The number of hydrogen-bond acceptors (Lipinski definition) is 24. The molecule has 0 radical (unpaired) electrons. The summed E-state index contributed by atoms with van der Waals surface area (Å²) in [6, 6.07) is -9.62. The highest BCUT2D eigenvalue weighted by molar-refractivity contribution is 5.83. The molecular weight excluding hydrogens is 1040 g/mol. The van der Waals surface area contributed by atoms with E-state index in [0.717, 1.165) is 0 Å². The number of rotatable bonds is 27. The summed E-state index contributed by atoms with van der Waals surface area (Å²) in [6.07, 6.45) is -3.33. The van der Waals surface area contributed by atoms with Crippen molar-refractivity contribution < 1.29 is 158 Å². The summed E-state index contributed by atoms with van der Waals surface area (Å²) in [6.45, 7) is 0. The second-order valence-electron chi connectivity index (χ2n) is 13.3. The van der Waals surface area contributed by atoms with Crippen molar-refractivity contribution in [2.24, 2.45) is 45.9 Å². The average Bonchev–Trinajstić information content (AvgIpc) is 3.23. The molecule has 40 heteroatoms. The average molecular weight is 1110 g/mol. The summed E-state index contributed by atoms with van der Waals surface area (Å²) < 4.78 is 0. The van der Waals surface area contributed by atoms with Crippen molar-refractivity contribution in [1.82, 2.24) is 0 Å². The van der Waals surface area contributed by atoms with Crippen molar-refractivity contribution >= 4 is 95.5 Å². The zero-order valence-electron chi connectivity index (χ0n) is 38.7. The van der Waals surface area contributed by atoms with Crippen LogP contribution >= 0.6 is 0 Å². The second kappa shape index (κ2) is 48.8. The minimum Gasteiger partial charge on any atom is -0.481 e. The van der Waals surface area contributed by atoms with Crippen molar-refractivity contribution in [3.8, 4) is 0 Å². The van der Waals surface area contributed by atoms with Crippen LogP contribution in [-0.4, -0.2) is 226 Å². The Morgan fingerprint density at radius 3 is 0.360 bits per heavy atom. The first-order valence-electron chi connectivity index (χ1n) is 19.4. The fraction of sp³-hybridized carbons (Fsp3) is 0.543. The van der Waals surface area contributed by atoms with Crippen molar-refractivity contribution in [3.05, 3.63) is 0 Å². The molecule has 75 heavy (non-hydrogen) atoms. The molecule has 40 nitrogen and oxygen atoms in total. The van der Waals surface area contributed by atoms with E-state index in [1.54, 1.807) is 0 Å². The molecule has 0 aromatic carbocycles. The van der Waals surface area contributed by atoms with Gasteiger partial charge in [0.05, 0.1) is 32.1 Å². The van der Waals surface area contributed by atoms with E-state index in [1.807, 2.05) is 0 Å². The van der Waals surface area contributed by atoms with Gasteiger partial charge in [0.15, 0.2) is 0 Å². The third-order valence-corrected chi connectivity index (χ3v) is 6.52. The Bertz CT molecular complexity index is 1620. The monoisotopic (exact) mass is 1110 g/mol. The molecule has 0 saturated heterocycles. The van der Waals surface area contributed by atoms with Gasteiger partial charge in [-0.2, -0.15) is 0 Å². The Kier molecular flexibility index (Phi) is 54.1. The third kappa shape index (κ3) is 76.9. The molecule has 434 valence electrons. The van der Waals surface area contributed by atoms with E-state index in [2.05, 4.69) is 0 Å². The second-order valence-corrected chi connectivity index (χ2v) is 13.3. The number of nitrogens with two attached hydrogens (primary N) is 8. The van der Waals surface area contributed by atoms with E-state index >= 15 is 0 Å². The fourth-order valence-corrected chi connectivity index (χ4v) is 2.58. The van der Waals surface area contributed by atoms with Crippen LogP contribution in [0.25, 0.3) is 0 Å². The number of carbonyl (C=O) groups is 16. The molecule has 0 aromatic heterocycles. The van der Waals surface area contributed by atoms with E-state index < -0.39 is 176 Å². The van der Waals surface area contributed by atoms with Crippen LogP contribution in [0.4, 0.5) is 0 Å². The van der Waals surface area contributed by atoms with Crippen LogP contribution in [0, 0.1) is 0 Å². The molecule has 0 bridgehead atoms. The lowest BCUT2D eigenvalue weighted by Crippen LogP contribution is -2.32. The first-order chi connectivity index (χ1) is 33.8. The smallest absolute Gasteiger partial charge is 0.321 e. The first-order valence-corrected chi connectivity index (χ1v) is 19.4. The van der Waals surface area contributed by atoms with Crippen molar-refractivity contribution in [2.75, 3.05) is 0 Å². The van der Waals surface area contributed by atoms with Crippen LogP contribution in [-0.2, 0) is 76.7 Å². The summed E-state index contributed by atoms with van der Waals surface area (Å²) in [5.74, 6) is -19.1. The topological polar surface area (TPSA) is 805 Å². The highest BCUT2D eigenvalue weighted by Gasteiger charge is 2.18. The predicted molar refractivity (Wildman–Crippen MR) is 237 cm³/mol. The van der Waals surface area contributed by atoms with Gasteiger partial charge in [0.1, 0.15) is 48.3 Å². The standard InChI is InChI=1S/3C5H9NO4.5C4H7NO4/c3*6-3(5(9)10)1-2-4(7)8;5*5-2(4(8)9)1-3(6)7/h3*3H,1-2,6H2,(H,7,8)(H,9,10);5*2H,1,5H2,(H,6,7)(H,8,9)/t3*3-;5*2-/m00000000/s1. The quantitative estimate of drug-likeness (QED) is 0.0363. The van der Waals surface area contributed by atoms with Gasteiger partial charge in [0.25, 0.3) is 0 Å². The normalized spacial score (nSPS) is 12.5. The number of carboxylic acids is 16. The Balaban J connectivity index is -0.000000114. The van der Waals surface area contributed by atoms with Crippen molar-refractivity contribution in [1.29, 1.82) is 0 Å². The SMILES string of the molecule is N[C@@H](CC(=O)O)C(=O)O.N[C@@H](CC(=O)O)C(=O)O.N[C@@H](CC(=O)O)C(=O)O.N[C@@H](CC(=O)O)C(=O)O.N[C@@H](CC(=O)O)C(=O)O.N[C@@H](CCC(=O)O)C(=O)O.N[C@@H](CCC(=O)O)C(=O)O.N[C@@H](CCC(=O)O)C(=O)O. The molecule has 0 saturated carbocycles. The lowest BCUT2D eigenvalue weighted by atomic mass is 10.2. The van der Waals surface area contributed by atoms with Gasteiger partial charge in [-0.3, -0.25) is 76.7 Å². The zero-order valence-corrected chi connectivity index (χ0v) is 38.7. The van der Waals surface area contributed by atoms with Crippen molar-refractivity contribution in [3.63, 3.8) is 0 Å². The maximum absolute atomic E-state index is 9.99. The maximum Gasteiger partial charge on any atom is 0.321 e. The van der Waals surface area contributed by atoms with Crippen LogP contribution in [0.15, 0.2) is 0 Å². The lowest BCUT2D eigenvalue weighted by Gasteiger charge is -2.01. The first kappa shape index (κ1) is 83.1. The minimum absolute atomic E-state index is 0.0231. The molecule has 8 atom stereocenters. The zero-order chi connectivity index (χ0) is 61.6. The predicted octanol–water partition coefficient (Wildman–Crippen LogP) is -7.85. The van der Waals surface area contributed by atoms with Gasteiger partial charge in [0.2, 0.25) is 0 Å². The molecule has 0 aliphatic heterocycles. The van der Waals surface area contributed by atoms with Gasteiger partial charge in [-0.15, -0.1) is 0 Å². The minimum atomic E-state index is -1.29. The molecule has 0 aliphatic rings. The van der Waals surface area contributed by atoms with Gasteiger partial charge in [-0.1, -0.05) is 0 Å². The molecule has 0 aliphatic carbocycles. The molecule has 0 fully saturated rings. The van der Waals surface area contributed by atoms with E-state index in [-0.39, 0.29) is 38.5 Å². The van der Waals surface area contributed by atoms with Crippen LogP contribution < -0.4 is 45.9 Å². The van der Waals surface area contributed by atoms with E-state index in [4.69, 9.17) is 128 Å². The molecule has 0 unspecified atom stereocenters.